The molecule has 2 N–H and O–H groups in total. The summed E-state index contributed by atoms with van der Waals surface area (Å²) in [7, 11) is 6.17. The highest BCUT2D eigenvalue weighted by molar-refractivity contribution is 5.79. The van der Waals surface area contributed by atoms with Gasteiger partial charge in [-0.2, -0.15) is 0 Å². The van der Waals surface area contributed by atoms with Crippen molar-refractivity contribution < 1.29 is 9.39 Å². The highest BCUT2D eigenvalue weighted by atomic mass is 16.1. The zero-order chi connectivity index (χ0) is 9.35. The number of carbonyl (C=O) groups is 1. The number of nitrogens with two attached hydrogens (primary N) is 1. The van der Waals surface area contributed by atoms with Gasteiger partial charge in [-0.15, -0.1) is 5.01 Å². The van der Waals surface area contributed by atoms with E-state index in [1.54, 1.807) is 0 Å². The van der Waals surface area contributed by atoms with E-state index < -0.39 is 0 Å². The predicted molar refractivity (Wildman–Crippen MR) is 47.0 cm³/mol. The van der Waals surface area contributed by atoms with Crippen molar-refractivity contribution in [1.82, 2.24) is 5.01 Å². The third-order valence-corrected chi connectivity index (χ3v) is 2.32. The number of quaternary nitrogens is 1. The first-order chi connectivity index (χ1) is 5.43. The molecule has 0 aromatic heterocycles. The maximum absolute atomic E-state index is 11.0. The van der Waals surface area contributed by atoms with Gasteiger partial charge in [0.15, 0.2) is 0 Å². The van der Waals surface area contributed by atoms with Crippen molar-refractivity contribution in [2.45, 2.75) is 18.9 Å². The quantitative estimate of drug-likeness (QED) is 0.574. The highest BCUT2D eigenvalue weighted by Crippen LogP contribution is 2.20. The molecule has 0 aromatic carbocycles. The molecule has 1 rings (SSSR count). The lowest BCUT2D eigenvalue weighted by atomic mass is 10.2. The second kappa shape index (κ2) is 3.03. The number of rotatable bonds is 2. The minimum Gasteiger partial charge on any atom is -0.368 e. The van der Waals surface area contributed by atoms with Gasteiger partial charge in [-0.3, -0.25) is 4.79 Å². The van der Waals surface area contributed by atoms with Crippen LogP contribution in [0.2, 0.25) is 0 Å². The van der Waals surface area contributed by atoms with E-state index in [4.69, 9.17) is 5.73 Å². The van der Waals surface area contributed by atoms with Crippen LogP contribution in [-0.2, 0) is 4.79 Å². The van der Waals surface area contributed by atoms with Crippen LogP contribution in [0.1, 0.15) is 12.8 Å². The molecule has 12 heavy (non-hydrogen) atoms. The fourth-order valence-electron chi connectivity index (χ4n) is 1.76. The van der Waals surface area contributed by atoms with Crippen molar-refractivity contribution in [3.8, 4) is 0 Å². The summed E-state index contributed by atoms with van der Waals surface area (Å²) in [6, 6.07) is -0.0648. The summed E-state index contributed by atoms with van der Waals surface area (Å²) in [5.74, 6) is -0.194. The van der Waals surface area contributed by atoms with Crippen LogP contribution in [0.4, 0.5) is 0 Å². The first kappa shape index (κ1) is 9.48. The topological polar surface area (TPSA) is 46.3 Å². The van der Waals surface area contributed by atoms with Crippen LogP contribution in [-0.4, -0.2) is 49.2 Å². The van der Waals surface area contributed by atoms with Gasteiger partial charge >= 0.3 is 0 Å². The molecule has 1 saturated heterocycles. The van der Waals surface area contributed by atoms with Gasteiger partial charge in [-0.05, 0) is 12.8 Å². The maximum Gasteiger partial charge on any atom is 0.240 e. The molecule has 0 saturated carbocycles. The van der Waals surface area contributed by atoms with Gasteiger partial charge in [0.2, 0.25) is 5.91 Å². The molecule has 0 unspecified atom stereocenters. The molecule has 1 atom stereocenters. The van der Waals surface area contributed by atoms with Crippen LogP contribution in [0.25, 0.3) is 0 Å². The normalized spacial score (nSPS) is 26.1. The first-order valence-electron chi connectivity index (χ1n) is 4.31. The van der Waals surface area contributed by atoms with Crippen LogP contribution in [0.5, 0.6) is 0 Å². The van der Waals surface area contributed by atoms with E-state index in [0.717, 1.165) is 19.4 Å². The summed E-state index contributed by atoms with van der Waals surface area (Å²) in [5, 5.41) is 2.13. The number of amides is 1. The van der Waals surface area contributed by atoms with Gasteiger partial charge in [-0.1, -0.05) is 0 Å². The lowest BCUT2D eigenvalue weighted by Crippen LogP contribution is -2.57. The van der Waals surface area contributed by atoms with Crippen molar-refractivity contribution in [1.29, 1.82) is 0 Å². The second-order valence-corrected chi connectivity index (χ2v) is 4.17. The third-order valence-electron chi connectivity index (χ3n) is 2.32. The Labute approximate surface area is 73.5 Å². The minimum atomic E-state index is -0.194. The highest BCUT2D eigenvalue weighted by Gasteiger charge is 2.37. The summed E-state index contributed by atoms with van der Waals surface area (Å²) in [5.41, 5.74) is 5.29. The van der Waals surface area contributed by atoms with E-state index in [-0.39, 0.29) is 11.9 Å². The van der Waals surface area contributed by atoms with Crippen LogP contribution in [0.3, 0.4) is 0 Å². The van der Waals surface area contributed by atoms with Crippen LogP contribution in [0, 0.1) is 0 Å². The standard InChI is InChI=1S/C8H17N3O/c1-11(2,3)10-6-4-5-7(10)8(9)12/h7H,4-6H2,1-3H3,(H-,9,12)/p+1/t7-/m1/s1. The lowest BCUT2D eigenvalue weighted by molar-refractivity contribution is -0.987. The van der Waals surface area contributed by atoms with Crippen molar-refractivity contribution >= 4 is 5.91 Å². The van der Waals surface area contributed by atoms with E-state index in [1.807, 2.05) is 0 Å². The summed E-state index contributed by atoms with van der Waals surface area (Å²) >= 11 is 0. The van der Waals surface area contributed by atoms with E-state index in [2.05, 4.69) is 26.2 Å². The molecular weight excluding hydrogens is 154 g/mol. The van der Waals surface area contributed by atoms with Crippen LogP contribution < -0.4 is 5.73 Å². The molecule has 0 radical (unpaired) electrons. The molecule has 4 heteroatoms. The average molecular weight is 172 g/mol. The average Bonchev–Trinajstić information content (AvgIpc) is 2.30. The largest absolute Gasteiger partial charge is 0.368 e. The molecule has 4 nitrogen and oxygen atoms in total. The number of primary amides is 1. The minimum absolute atomic E-state index is 0.0648. The molecule has 1 heterocycles. The van der Waals surface area contributed by atoms with Gasteiger partial charge in [0, 0.05) is 6.54 Å². The Balaban J connectivity index is 2.71. The summed E-state index contributed by atoms with van der Waals surface area (Å²) in [6.45, 7) is 0.969. The molecule has 0 spiro atoms. The summed E-state index contributed by atoms with van der Waals surface area (Å²) < 4.78 is 0.688. The summed E-state index contributed by atoms with van der Waals surface area (Å²) in [6.07, 6.45) is 1.98. The van der Waals surface area contributed by atoms with Crippen molar-refractivity contribution in [2.75, 3.05) is 27.7 Å². The van der Waals surface area contributed by atoms with Crippen LogP contribution in [0.15, 0.2) is 0 Å². The van der Waals surface area contributed by atoms with Crippen molar-refractivity contribution in [2.24, 2.45) is 5.73 Å². The third kappa shape index (κ3) is 1.76. The van der Waals surface area contributed by atoms with Crippen molar-refractivity contribution in [3.63, 3.8) is 0 Å². The van der Waals surface area contributed by atoms with Gasteiger partial charge in [0.25, 0.3) is 0 Å². The van der Waals surface area contributed by atoms with Gasteiger partial charge in [0.1, 0.15) is 6.04 Å². The van der Waals surface area contributed by atoms with E-state index in [1.165, 1.54) is 0 Å². The molecule has 1 amide bonds. The summed E-state index contributed by atoms with van der Waals surface area (Å²) in [4.78, 5) is 11.0. The molecule has 1 aliphatic rings. The number of nitrogens with zero attached hydrogens (tertiary/aromatic N) is 2. The maximum atomic E-state index is 11.0. The van der Waals surface area contributed by atoms with E-state index in [9.17, 15) is 4.79 Å². The SMILES string of the molecule is C[N+](C)(C)N1CCC[C@@H]1C(N)=O. The number of carbonyl (C=O) groups excluding carboxylic acids is 1. The number of hydrogen-bond donors (Lipinski definition) is 1. The molecule has 70 valence electrons. The van der Waals surface area contributed by atoms with Gasteiger partial charge < -0.3 is 5.73 Å². The monoisotopic (exact) mass is 172 g/mol. The van der Waals surface area contributed by atoms with Crippen LogP contribution >= 0.6 is 0 Å². The second-order valence-electron chi connectivity index (χ2n) is 4.17. The molecule has 1 fully saturated rings. The molecular formula is C8H18N3O+. The van der Waals surface area contributed by atoms with E-state index >= 15 is 0 Å². The Hall–Kier alpha value is -0.610. The molecule has 1 aliphatic heterocycles. The Morgan fingerprint density at radius 3 is 2.42 bits per heavy atom. The predicted octanol–water partition coefficient (Wildman–Crippen LogP) is -0.443. The lowest BCUT2D eigenvalue weighted by Gasteiger charge is -2.36. The zero-order valence-corrected chi connectivity index (χ0v) is 8.08. The zero-order valence-electron chi connectivity index (χ0n) is 8.08. The van der Waals surface area contributed by atoms with E-state index in [0.29, 0.717) is 4.59 Å². The Morgan fingerprint density at radius 1 is 1.50 bits per heavy atom. The Morgan fingerprint density at radius 2 is 2.08 bits per heavy atom. The van der Waals surface area contributed by atoms with Gasteiger partial charge in [0.05, 0.1) is 21.1 Å². The Kier molecular flexibility index (Phi) is 2.39. The molecule has 0 aromatic rings. The fraction of sp³-hybridized carbons (Fsp3) is 0.875. The first-order valence-corrected chi connectivity index (χ1v) is 4.31. The smallest absolute Gasteiger partial charge is 0.240 e. The fourth-order valence-corrected chi connectivity index (χ4v) is 1.76. The van der Waals surface area contributed by atoms with Crippen molar-refractivity contribution in [3.05, 3.63) is 0 Å². The number of hydrogen-bond acceptors (Lipinski definition) is 2. The van der Waals surface area contributed by atoms with Gasteiger partial charge in [-0.25, -0.2) is 4.59 Å². The molecule has 0 bridgehead atoms. The Bertz CT molecular complexity index is 185. The molecule has 0 aliphatic carbocycles.